The lowest BCUT2D eigenvalue weighted by Crippen LogP contribution is -2.60. The number of anilines is 1. The van der Waals surface area contributed by atoms with Gasteiger partial charge >= 0.3 is 0 Å². The van der Waals surface area contributed by atoms with E-state index in [4.69, 9.17) is 9.47 Å². The minimum absolute atomic E-state index is 0.0844. The molecule has 1 N–H and O–H groups in total. The fourth-order valence-electron chi connectivity index (χ4n) is 8.00. The summed E-state index contributed by atoms with van der Waals surface area (Å²) in [6, 6.07) is 5.68. The molecule has 4 rings (SSSR count). The molecule has 3 heterocycles. The molecule has 3 aliphatic heterocycles. The molecule has 9 heteroatoms. The van der Waals surface area contributed by atoms with E-state index in [0.717, 1.165) is 12.8 Å². The summed E-state index contributed by atoms with van der Waals surface area (Å²) >= 11 is 0. The number of hydrogen-bond donors (Lipinski definition) is 1. The molecule has 1 aromatic rings. The molecule has 3 saturated heterocycles. The van der Waals surface area contributed by atoms with Crippen LogP contribution < -0.4 is 9.64 Å². The van der Waals surface area contributed by atoms with Crippen molar-refractivity contribution in [2.24, 2.45) is 17.8 Å². The first-order chi connectivity index (χ1) is 21.0. The van der Waals surface area contributed by atoms with Crippen molar-refractivity contribution in [3.8, 4) is 5.75 Å². The smallest absolute Gasteiger partial charge is 0.248 e. The average Bonchev–Trinajstić information content (AvgIpc) is 3.52. The van der Waals surface area contributed by atoms with Crippen LogP contribution in [0.3, 0.4) is 0 Å². The molecule has 44 heavy (non-hydrogen) atoms. The number of amides is 3. The standard InChI is InChI=1S/C35H51N3O6/c1-9-14-24(7)36(19-10-2)33(42)30-35-21-23(6)34(8,44-35)28(29(35)32(41)38(30)25(12-4)22-39)31(40)37(20-11-3)26-15-17-27(18-16-26)43-13-5/h10-11,15-18,23-25,28-30,39H,2-3,9,12-14,19-22H2,1,4-8H3/t23?,24?,25-,28+,29-,30?,34-,35?/m0/s1. The highest BCUT2D eigenvalue weighted by Crippen LogP contribution is 2.66. The fourth-order valence-corrected chi connectivity index (χ4v) is 8.00. The molecule has 3 amide bonds. The zero-order valence-corrected chi connectivity index (χ0v) is 27.3. The maximum atomic E-state index is 14.7. The number of aliphatic hydroxyl groups excluding tert-OH is 1. The molecule has 3 aliphatic rings. The maximum absolute atomic E-state index is 14.7. The van der Waals surface area contributed by atoms with Crippen molar-refractivity contribution >= 4 is 23.4 Å². The summed E-state index contributed by atoms with van der Waals surface area (Å²) < 4.78 is 12.6. The zero-order valence-electron chi connectivity index (χ0n) is 27.3. The van der Waals surface area contributed by atoms with Gasteiger partial charge in [-0.15, -0.1) is 13.2 Å². The summed E-state index contributed by atoms with van der Waals surface area (Å²) in [5.74, 6) is -1.86. The van der Waals surface area contributed by atoms with Crippen LogP contribution in [0, 0.1) is 17.8 Å². The first-order valence-corrected chi connectivity index (χ1v) is 16.2. The van der Waals surface area contributed by atoms with Crippen molar-refractivity contribution in [1.29, 1.82) is 0 Å². The van der Waals surface area contributed by atoms with Crippen molar-refractivity contribution in [3.05, 3.63) is 49.6 Å². The normalized spacial score (nSPS) is 30.1. The van der Waals surface area contributed by atoms with E-state index in [2.05, 4.69) is 20.1 Å². The Hall–Kier alpha value is -3.17. The van der Waals surface area contributed by atoms with Gasteiger partial charge in [0.15, 0.2) is 0 Å². The Kier molecular flexibility index (Phi) is 10.3. The monoisotopic (exact) mass is 609 g/mol. The highest BCUT2D eigenvalue weighted by atomic mass is 16.5. The van der Waals surface area contributed by atoms with E-state index in [1.165, 1.54) is 0 Å². The number of fused-ring (bicyclic) bond motifs is 1. The topological polar surface area (TPSA) is 99.6 Å². The van der Waals surface area contributed by atoms with Crippen LogP contribution >= 0.6 is 0 Å². The van der Waals surface area contributed by atoms with Gasteiger partial charge in [-0.2, -0.15) is 0 Å². The zero-order chi connectivity index (χ0) is 32.4. The number of likely N-dealkylation sites (tertiary alicyclic amines) is 1. The number of hydrogen-bond acceptors (Lipinski definition) is 6. The van der Waals surface area contributed by atoms with Gasteiger partial charge in [0.05, 0.1) is 36.7 Å². The van der Waals surface area contributed by atoms with Gasteiger partial charge in [0, 0.05) is 24.8 Å². The summed E-state index contributed by atoms with van der Waals surface area (Å²) in [7, 11) is 0. The summed E-state index contributed by atoms with van der Waals surface area (Å²) in [5, 5.41) is 10.4. The molecule has 1 aromatic carbocycles. The molecule has 0 radical (unpaired) electrons. The molecule has 9 nitrogen and oxygen atoms in total. The Bertz CT molecular complexity index is 1230. The molecule has 0 saturated carbocycles. The first-order valence-electron chi connectivity index (χ1n) is 16.2. The van der Waals surface area contributed by atoms with Crippen LogP contribution in [0.4, 0.5) is 5.69 Å². The van der Waals surface area contributed by atoms with Crippen LogP contribution in [0.5, 0.6) is 5.75 Å². The van der Waals surface area contributed by atoms with Gasteiger partial charge in [-0.05, 0) is 70.2 Å². The highest BCUT2D eigenvalue weighted by molar-refractivity contribution is 6.03. The van der Waals surface area contributed by atoms with Gasteiger partial charge in [0.1, 0.15) is 17.4 Å². The Morgan fingerprint density at radius 2 is 1.82 bits per heavy atom. The number of ether oxygens (including phenoxy) is 2. The molecule has 0 aliphatic carbocycles. The van der Waals surface area contributed by atoms with E-state index in [1.807, 2.05) is 58.9 Å². The number of rotatable bonds is 15. The van der Waals surface area contributed by atoms with Crippen LogP contribution in [-0.4, -0.2) is 88.3 Å². The van der Waals surface area contributed by atoms with Crippen LogP contribution in [0.15, 0.2) is 49.6 Å². The van der Waals surface area contributed by atoms with Gasteiger partial charge in [0.25, 0.3) is 0 Å². The molecular formula is C35H51N3O6. The van der Waals surface area contributed by atoms with Crippen molar-refractivity contribution in [3.63, 3.8) is 0 Å². The van der Waals surface area contributed by atoms with E-state index in [9.17, 15) is 19.5 Å². The molecule has 3 fully saturated rings. The van der Waals surface area contributed by atoms with E-state index >= 15 is 0 Å². The molecule has 4 unspecified atom stereocenters. The van der Waals surface area contributed by atoms with Crippen molar-refractivity contribution in [1.82, 2.24) is 9.80 Å². The second-order valence-corrected chi connectivity index (χ2v) is 12.8. The number of carbonyl (C=O) groups excluding carboxylic acids is 3. The average molecular weight is 610 g/mol. The summed E-state index contributed by atoms with van der Waals surface area (Å²) in [6.07, 6.45) is 5.98. The highest BCUT2D eigenvalue weighted by Gasteiger charge is 2.80. The third-order valence-electron chi connectivity index (χ3n) is 10.2. The fraction of sp³-hybridized carbons (Fsp3) is 0.629. The third kappa shape index (κ3) is 5.36. The number of carbonyl (C=O) groups is 3. The Morgan fingerprint density at radius 3 is 2.36 bits per heavy atom. The van der Waals surface area contributed by atoms with E-state index in [-0.39, 0.29) is 42.8 Å². The second-order valence-electron chi connectivity index (χ2n) is 12.8. The van der Waals surface area contributed by atoms with Crippen LogP contribution in [-0.2, 0) is 19.1 Å². The lowest BCUT2D eigenvalue weighted by atomic mass is 9.62. The number of nitrogens with zero attached hydrogens (tertiary/aromatic N) is 3. The minimum atomic E-state index is -1.20. The van der Waals surface area contributed by atoms with Crippen LogP contribution in [0.25, 0.3) is 0 Å². The van der Waals surface area contributed by atoms with E-state index in [0.29, 0.717) is 37.4 Å². The SMILES string of the molecule is C=CCN(C(=O)[C@H]1[C@H]2C(=O)N([C@@H](CC)CO)C(C(=O)N(CC=C)C(C)CCC)C23CC(C)[C@]1(C)O3)c1ccc(OCC)cc1. The molecule has 0 aromatic heterocycles. The molecular weight excluding hydrogens is 558 g/mol. The predicted molar refractivity (Wildman–Crippen MR) is 171 cm³/mol. The second kappa shape index (κ2) is 13.4. The molecule has 1 spiro atoms. The van der Waals surface area contributed by atoms with Gasteiger partial charge in [0.2, 0.25) is 17.7 Å². The van der Waals surface area contributed by atoms with Gasteiger partial charge in [-0.1, -0.05) is 39.3 Å². The largest absolute Gasteiger partial charge is 0.494 e. The Morgan fingerprint density at radius 1 is 1.16 bits per heavy atom. The Balaban J connectivity index is 1.84. The summed E-state index contributed by atoms with van der Waals surface area (Å²) in [6.45, 7) is 20.4. The van der Waals surface area contributed by atoms with Crippen molar-refractivity contribution in [2.45, 2.75) is 96.6 Å². The maximum Gasteiger partial charge on any atom is 0.248 e. The lowest BCUT2D eigenvalue weighted by Gasteiger charge is -2.41. The first kappa shape index (κ1) is 33.7. The van der Waals surface area contributed by atoms with Gasteiger partial charge in [-0.3, -0.25) is 14.4 Å². The van der Waals surface area contributed by atoms with E-state index < -0.39 is 35.1 Å². The molecule has 8 atom stereocenters. The molecule has 2 bridgehead atoms. The lowest BCUT2D eigenvalue weighted by molar-refractivity contribution is -0.156. The third-order valence-corrected chi connectivity index (χ3v) is 10.2. The van der Waals surface area contributed by atoms with Crippen LogP contribution in [0.2, 0.25) is 0 Å². The number of aliphatic hydroxyl groups is 1. The summed E-state index contributed by atoms with van der Waals surface area (Å²) in [4.78, 5) is 49.1. The number of benzene rings is 1. The van der Waals surface area contributed by atoms with Crippen LogP contribution in [0.1, 0.15) is 67.2 Å². The van der Waals surface area contributed by atoms with Gasteiger partial charge < -0.3 is 29.3 Å². The van der Waals surface area contributed by atoms with Crippen molar-refractivity contribution < 1.29 is 29.0 Å². The van der Waals surface area contributed by atoms with Crippen molar-refractivity contribution in [2.75, 3.05) is 31.2 Å². The quantitative estimate of drug-likeness (QED) is 0.292. The molecule has 242 valence electrons. The summed E-state index contributed by atoms with van der Waals surface area (Å²) in [5.41, 5.74) is -1.50. The van der Waals surface area contributed by atoms with Gasteiger partial charge in [-0.25, -0.2) is 0 Å². The minimum Gasteiger partial charge on any atom is -0.494 e. The van der Waals surface area contributed by atoms with E-state index in [1.54, 1.807) is 26.9 Å². The predicted octanol–water partition coefficient (Wildman–Crippen LogP) is 4.59. The Labute approximate surface area is 262 Å².